The molecule has 178 valence electrons. The first-order valence-electron chi connectivity index (χ1n) is 12.0. The first kappa shape index (κ1) is 30.6. The molecule has 2 aromatic rings. The summed E-state index contributed by atoms with van der Waals surface area (Å²) in [6, 6.07) is 10.6. The Balaban J connectivity index is 0.00000544. The molecule has 0 aliphatic heterocycles. The Morgan fingerprint density at radius 2 is 1.30 bits per heavy atom. The minimum atomic E-state index is -4.25. The zero-order valence-corrected chi connectivity index (χ0v) is 24.2. The fourth-order valence-electron chi connectivity index (χ4n) is 3.80. The van der Waals surface area contributed by atoms with E-state index < -0.39 is 10.1 Å². The molecule has 0 fully saturated rings. The molecule has 0 atom stereocenters. The van der Waals surface area contributed by atoms with E-state index in [4.69, 9.17) is 9.29 Å². The maximum Gasteiger partial charge on any atom is 1.00 e. The second-order valence-corrected chi connectivity index (χ2v) is 9.85. The fraction of sp³-hybridized carbons (Fsp3) is 0.538. The molecule has 7 heteroatoms. The maximum absolute atomic E-state index is 12.7. The second-order valence-electron chi connectivity index (χ2n) is 8.43. The third-order valence-electron chi connectivity index (χ3n) is 5.71. The number of hydrogen-bond donors (Lipinski definition) is 1. The number of para-hydroxylation sites is 1. The Morgan fingerprint density at radius 1 is 0.788 bits per heavy atom. The summed E-state index contributed by atoms with van der Waals surface area (Å²) < 4.78 is 36.9. The summed E-state index contributed by atoms with van der Waals surface area (Å²) in [5.74, 6) is 0.437. The van der Waals surface area contributed by atoms with Gasteiger partial charge in [-0.3, -0.25) is 4.55 Å². The predicted molar refractivity (Wildman–Crippen MR) is 127 cm³/mol. The molecule has 0 saturated carbocycles. The van der Waals surface area contributed by atoms with Crippen LogP contribution in [0, 0.1) is 0 Å². The molecule has 2 aromatic carbocycles. The van der Waals surface area contributed by atoms with Crippen LogP contribution in [0.2, 0.25) is 0 Å². The molecule has 0 bridgehead atoms. The molecule has 0 aromatic heterocycles. The number of benzene rings is 2. The Hall–Kier alpha value is -0.414. The summed E-state index contributed by atoms with van der Waals surface area (Å²) in [6.45, 7) is 2.25. The van der Waals surface area contributed by atoms with Crippen LogP contribution in [0.5, 0.6) is 17.2 Å². The number of unbranched alkanes of at least 4 members (excludes halogenated alkanes) is 11. The van der Waals surface area contributed by atoms with E-state index in [0.29, 0.717) is 5.75 Å². The van der Waals surface area contributed by atoms with E-state index in [1.165, 1.54) is 88.5 Å². The van der Waals surface area contributed by atoms with E-state index in [1.807, 2.05) is 6.07 Å². The van der Waals surface area contributed by atoms with E-state index >= 15 is 0 Å². The van der Waals surface area contributed by atoms with Gasteiger partial charge in [-0.2, -0.15) is 8.42 Å². The molecule has 0 heterocycles. The fourth-order valence-corrected chi connectivity index (χ4v) is 4.28. The summed E-state index contributed by atoms with van der Waals surface area (Å²) in [4.78, 5) is -0.215. The van der Waals surface area contributed by atoms with Crippen molar-refractivity contribution in [2.75, 3.05) is 0 Å². The topological polar surface area (TPSA) is 86.7 Å². The zero-order chi connectivity index (χ0) is 23.2. The van der Waals surface area contributed by atoms with Gasteiger partial charge in [-0.05, 0) is 43.2 Å². The molecular formula is C26H37KO5S. The molecule has 0 amide bonds. The van der Waals surface area contributed by atoms with Gasteiger partial charge in [0.1, 0.15) is 11.5 Å². The van der Waals surface area contributed by atoms with E-state index in [0.717, 1.165) is 24.8 Å². The van der Waals surface area contributed by atoms with E-state index in [2.05, 4.69) is 6.92 Å². The van der Waals surface area contributed by atoms with Crippen LogP contribution in [-0.2, 0) is 16.5 Å². The van der Waals surface area contributed by atoms with Crippen molar-refractivity contribution in [1.82, 2.24) is 0 Å². The molecule has 0 radical (unpaired) electrons. The van der Waals surface area contributed by atoms with Gasteiger partial charge < -0.3 is 9.84 Å². The van der Waals surface area contributed by atoms with Crippen molar-refractivity contribution >= 4 is 10.1 Å². The smallest absolute Gasteiger partial charge is 0.870 e. The van der Waals surface area contributed by atoms with Crippen molar-refractivity contribution in [3.05, 3.63) is 48.0 Å². The molecular weight excluding hydrogens is 463 g/mol. The van der Waals surface area contributed by atoms with Crippen LogP contribution in [0.1, 0.15) is 89.5 Å². The van der Waals surface area contributed by atoms with Gasteiger partial charge in [0, 0.05) is 0 Å². The third kappa shape index (κ3) is 12.2. The van der Waals surface area contributed by atoms with Crippen LogP contribution in [-0.4, -0.2) is 13.0 Å². The van der Waals surface area contributed by atoms with E-state index in [9.17, 15) is 13.5 Å². The van der Waals surface area contributed by atoms with Crippen molar-refractivity contribution < 1.29 is 74.2 Å². The molecule has 2 rings (SSSR count). The van der Waals surface area contributed by atoms with Crippen LogP contribution in [0.25, 0.3) is 0 Å². The van der Waals surface area contributed by atoms with Crippen molar-refractivity contribution in [2.24, 2.45) is 0 Å². The van der Waals surface area contributed by atoms with Gasteiger partial charge in [0.15, 0.2) is 0 Å². The number of hydrogen-bond acceptors (Lipinski definition) is 4. The van der Waals surface area contributed by atoms with E-state index in [1.54, 1.807) is 12.1 Å². The SMILES string of the molecule is CCCCCCCCCCCCCCc1cccc(Oc2ccc(S(=O)(=O)O)cc2)c1[O-].[K+]. The average molecular weight is 501 g/mol. The van der Waals surface area contributed by atoms with Crippen molar-refractivity contribution in [3.8, 4) is 17.2 Å². The minimum Gasteiger partial charge on any atom is -0.870 e. The average Bonchev–Trinajstić information content (AvgIpc) is 2.76. The first-order valence-corrected chi connectivity index (χ1v) is 13.4. The Morgan fingerprint density at radius 3 is 1.82 bits per heavy atom. The van der Waals surface area contributed by atoms with Crippen LogP contribution in [0.15, 0.2) is 47.4 Å². The molecule has 1 N–H and O–H groups in total. The van der Waals surface area contributed by atoms with Gasteiger partial charge in [-0.25, -0.2) is 0 Å². The minimum absolute atomic E-state index is 0. The van der Waals surface area contributed by atoms with Crippen molar-refractivity contribution in [2.45, 2.75) is 95.3 Å². The molecule has 33 heavy (non-hydrogen) atoms. The summed E-state index contributed by atoms with van der Waals surface area (Å²) >= 11 is 0. The molecule has 0 spiro atoms. The van der Waals surface area contributed by atoms with Crippen LogP contribution in [0.4, 0.5) is 0 Å². The third-order valence-corrected chi connectivity index (χ3v) is 6.58. The first-order chi connectivity index (χ1) is 15.4. The van der Waals surface area contributed by atoms with E-state index in [-0.39, 0.29) is 67.8 Å². The largest absolute Gasteiger partial charge is 1.00 e. The Kier molecular flexibility index (Phi) is 15.9. The van der Waals surface area contributed by atoms with Gasteiger partial charge in [0.05, 0.1) is 4.90 Å². The molecule has 0 aliphatic rings. The summed E-state index contributed by atoms with van der Waals surface area (Å²) in [5, 5.41) is 12.7. The zero-order valence-electron chi connectivity index (χ0n) is 20.2. The maximum atomic E-state index is 12.7. The summed E-state index contributed by atoms with van der Waals surface area (Å²) in [7, 11) is -4.25. The molecule has 0 saturated heterocycles. The molecule has 0 aliphatic carbocycles. The summed E-state index contributed by atoms with van der Waals surface area (Å²) in [6.07, 6.45) is 16.1. The second kappa shape index (κ2) is 17.1. The number of rotatable bonds is 16. The van der Waals surface area contributed by atoms with Crippen LogP contribution in [0.3, 0.4) is 0 Å². The van der Waals surface area contributed by atoms with Gasteiger partial charge in [0.2, 0.25) is 0 Å². The predicted octanol–water partition coefficient (Wildman–Crippen LogP) is 4.05. The quantitative estimate of drug-likeness (QED) is 0.213. The monoisotopic (exact) mass is 500 g/mol. The standard InChI is InChI=1S/C26H38O5S.K/c1-2-3-4-5-6-7-8-9-10-11-12-13-15-22-16-14-17-25(26(22)27)31-23-18-20-24(21-19-23)32(28,29)30;/h14,16-21,27H,2-13,15H2,1H3,(H,28,29,30);/q;+1/p-1. The Bertz CT molecular complexity index is 897. The molecule has 0 unspecified atom stereocenters. The normalized spacial score (nSPS) is 11.2. The Labute approximate surface area is 242 Å². The van der Waals surface area contributed by atoms with Gasteiger partial charge in [-0.15, -0.1) is 0 Å². The summed E-state index contributed by atoms with van der Waals surface area (Å²) in [5.41, 5.74) is 0.740. The van der Waals surface area contributed by atoms with Crippen molar-refractivity contribution in [3.63, 3.8) is 0 Å². The van der Waals surface area contributed by atoms with Gasteiger partial charge >= 0.3 is 51.4 Å². The van der Waals surface area contributed by atoms with Crippen LogP contribution >= 0.6 is 0 Å². The van der Waals surface area contributed by atoms with Crippen LogP contribution < -0.4 is 61.2 Å². The van der Waals surface area contributed by atoms with Gasteiger partial charge in [-0.1, -0.05) is 101 Å². The van der Waals surface area contributed by atoms with Crippen molar-refractivity contribution in [1.29, 1.82) is 0 Å². The molecule has 5 nitrogen and oxygen atoms in total. The number of ether oxygens (including phenoxy) is 1. The van der Waals surface area contributed by atoms with Gasteiger partial charge in [0.25, 0.3) is 10.1 Å². The number of aryl methyl sites for hydroxylation is 1.